The number of esters is 1. The number of ether oxygens (including phenoxy) is 2. The smallest absolute Gasteiger partial charge is 0.322 e. The van der Waals surface area contributed by atoms with Gasteiger partial charge in [-0.15, -0.1) is 23.2 Å². The summed E-state index contributed by atoms with van der Waals surface area (Å²) in [6, 6.07) is 23.1. The van der Waals surface area contributed by atoms with Crippen molar-refractivity contribution in [3.63, 3.8) is 0 Å². The number of hydrogen-bond donors (Lipinski definition) is 2. The molecule has 0 radical (unpaired) electrons. The maximum absolute atomic E-state index is 13.5. The third-order valence-electron chi connectivity index (χ3n) is 15.7. The third kappa shape index (κ3) is 12.9. The number of alkyl halides is 3. The van der Waals surface area contributed by atoms with E-state index in [-0.39, 0.29) is 44.8 Å². The van der Waals surface area contributed by atoms with Gasteiger partial charge < -0.3 is 39.3 Å². The molecule has 2 N–H and O–H groups in total. The first-order chi connectivity index (χ1) is 35.4. The molecule has 3 aromatic rings. The zero-order valence-electron chi connectivity index (χ0n) is 41.8. The number of aliphatic hydroxyl groups excluding tert-OH is 1. The number of carbonyl (C=O) groups excluding carboxylic acids is 4. The van der Waals surface area contributed by atoms with E-state index >= 15 is 0 Å². The lowest BCUT2D eigenvalue weighted by Gasteiger charge is -2.39. The van der Waals surface area contributed by atoms with Gasteiger partial charge in [0.15, 0.2) is 0 Å². The molecule has 7 saturated carbocycles. The molecule has 74 heavy (non-hydrogen) atoms. The van der Waals surface area contributed by atoms with Crippen LogP contribution in [-0.2, 0) is 28.7 Å². The van der Waals surface area contributed by atoms with E-state index in [4.69, 9.17) is 77.7 Å². The van der Waals surface area contributed by atoms with Gasteiger partial charge in [-0.3, -0.25) is 24.0 Å². The maximum Gasteiger partial charge on any atom is 0.322 e. The molecule has 0 spiro atoms. The molecule has 0 unspecified atom stereocenters. The SMILES string of the molecule is CCOC(=O)C1(Br)CCC1.O=C(Cl)C1(CCl)CC1.O=C(N1CCN(C2CC2)c2ccccc21)C1(CCl)CC1.O=C(N1CCN(C2CC2)c2ccccc21)C1(COc2cc(Cl)ccc2Cl)CC1.O=C(O)C1(CO)CC1. The van der Waals surface area contributed by atoms with Crippen molar-refractivity contribution >= 4 is 126 Å². The van der Waals surface area contributed by atoms with E-state index in [0.717, 1.165) is 95.3 Å². The second-order valence-corrected chi connectivity index (χ2v) is 24.5. The number of anilines is 4. The fraction of sp³-hybridized carbons (Fsp3) is 0.582. The van der Waals surface area contributed by atoms with Crippen LogP contribution < -0.4 is 24.3 Å². The van der Waals surface area contributed by atoms with E-state index in [1.54, 1.807) is 18.2 Å². The summed E-state index contributed by atoms with van der Waals surface area (Å²) in [6.45, 7) is 5.80. The summed E-state index contributed by atoms with van der Waals surface area (Å²) >= 11 is 32.3. The fourth-order valence-electron chi connectivity index (χ4n) is 9.30. The van der Waals surface area contributed by atoms with Crippen molar-refractivity contribution < 1.29 is 43.7 Å². The summed E-state index contributed by atoms with van der Waals surface area (Å²) in [4.78, 5) is 66.8. The average molecular weight is 1180 g/mol. The molecule has 0 aromatic heterocycles. The van der Waals surface area contributed by atoms with Crippen molar-refractivity contribution in [1.82, 2.24) is 0 Å². The summed E-state index contributed by atoms with van der Waals surface area (Å²) in [5.74, 6) is 0.809. The van der Waals surface area contributed by atoms with Crippen LogP contribution in [0.5, 0.6) is 5.75 Å². The number of nitrogens with zero attached hydrogens (tertiary/aromatic N) is 4. The van der Waals surface area contributed by atoms with Crippen molar-refractivity contribution in [3.05, 3.63) is 76.8 Å². The highest BCUT2D eigenvalue weighted by Crippen LogP contribution is 2.53. The summed E-state index contributed by atoms with van der Waals surface area (Å²) in [6.07, 6.45) is 14.6. The van der Waals surface area contributed by atoms with Gasteiger partial charge in [0, 0.05) is 61.1 Å². The highest BCUT2D eigenvalue weighted by Gasteiger charge is 2.55. The number of aliphatic carboxylic acids is 1. The number of fused-ring (bicyclic) bond motifs is 2. The fourth-order valence-corrected chi connectivity index (χ4v) is 11.4. The molecule has 2 aliphatic heterocycles. The first-order valence-electron chi connectivity index (χ1n) is 25.9. The second kappa shape index (κ2) is 23.6. The Morgan fingerprint density at radius 2 is 1.11 bits per heavy atom. The van der Waals surface area contributed by atoms with Crippen LogP contribution in [0.15, 0.2) is 66.7 Å². The van der Waals surface area contributed by atoms with E-state index in [0.29, 0.717) is 65.7 Å². The number of para-hydroxylation sites is 4. The van der Waals surface area contributed by atoms with E-state index in [2.05, 4.69) is 62.1 Å². The van der Waals surface area contributed by atoms with Gasteiger partial charge in [-0.2, -0.15) is 0 Å². The lowest BCUT2D eigenvalue weighted by Crippen LogP contribution is -2.48. The molecule has 9 aliphatic rings. The van der Waals surface area contributed by atoms with Gasteiger partial charge in [0.1, 0.15) is 16.7 Å². The zero-order chi connectivity index (χ0) is 53.1. The minimum absolute atomic E-state index is 0.0961. The van der Waals surface area contributed by atoms with Crippen LogP contribution in [0.1, 0.15) is 103 Å². The molecule has 13 nitrogen and oxygen atoms in total. The van der Waals surface area contributed by atoms with Gasteiger partial charge >= 0.3 is 11.9 Å². The minimum Gasteiger partial charge on any atom is -0.491 e. The molecule has 402 valence electrons. The highest BCUT2D eigenvalue weighted by atomic mass is 79.9. The molecule has 12 rings (SSSR count). The van der Waals surface area contributed by atoms with Crippen molar-refractivity contribution in [1.29, 1.82) is 0 Å². The van der Waals surface area contributed by atoms with E-state index < -0.39 is 16.8 Å². The van der Waals surface area contributed by atoms with Crippen molar-refractivity contribution in [2.45, 2.75) is 120 Å². The standard InChI is InChI=1S/C22H22Cl2N2O2.C16H19ClN2O.C7H11BrO2.C5H6Cl2O.C5H8O3/c23-15-5-8-17(24)20(13-15)28-14-22(9-10-22)21(27)26-12-11-25(16-6-7-16)18-3-1-2-4-19(18)26;17-11-16(7-8-16)15(20)19-10-9-18(12-5-6-12)13-3-1-2-4-14(13)19;1-2-10-6(9)7(8)4-3-5-7;2*6-3-5(1-2-5)4(7)8/h1-5,8,13,16H,6-7,9-12,14H2;1-4,12H,5-11H2;2-5H2,1H3;1-3H2;6H,1-3H2,(H,7,8). The monoisotopic (exact) mass is 1180 g/mol. The van der Waals surface area contributed by atoms with E-state index in [1.165, 1.54) is 37.1 Å². The van der Waals surface area contributed by atoms with Gasteiger partial charge in [-0.05, 0) is 151 Å². The van der Waals surface area contributed by atoms with Crippen molar-refractivity contribution in [2.24, 2.45) is 21.7 Å². The van der Waals surface area contributed by atoms with Crippen LogP contribution in [0.4, 0.5) is 22.7 Å². The largest absolute Gasteiger partial charge is 0.491 e. The molecule has 7 aliphatic carbocycles. The van der Waals surface area contributed by atoms with Gasteiger partial charge in [-0.25, -0.2) is 0 Å². The first kappa shape index (κ1) is 56.7. The Hall–Kier alpha value is -3.50. The van der Waals surface area contributed by atoms with Crippen LogP contribution in [0.25, 0.3) is 0 Å². The lowest BCUT2D eigenvalue weighted by molar-refractivity contribution is -0.148. The third-order valence-corrected chi connectivity index (χ3v) is 18.8. The quantitative estimate of drug-likeness (QED) is 0.0899. The Balaban J connectivity index is 0.000000137. The number of amides is 2. The van der Waals surface area contributed by atoms with Crippen LogP contribution in [-0.4, -0.2) is 113 Å². The predicted molar refractivity (Wildman–Crippen MR) is 296 cm³/mol. The maximum atomic E-state index is 13.5. The Bertz CT molecular complexity index is 2510. The van der Waals surface area contributed by atoms with Gasteiger partial charge in [0.05, 0.1) is 62.6 Å². The Labute approximate surface area is 467 Å². The summed E-state index contributed by atoms with van der Waals surface area (Å²) in [5, 5.41) is 17.6. The second-order valence-electron chi connectivity index (χ2n) is 21.3. The molecular formula is C55H66BrCl5N4O9. The molecule has 0 saturated heterocycles. The normalized spacial score (nSPS) is 21.7. The molecule has 0 bridgehead atoms. The Kier molecular flexibility index (Phi) is 18.1. The highest BCUT2D eigenvalue weighted by molar-refractivity contribution is 9.10. The molecule has 0 atom stereocenters. The summed E-state index contributed by atoms with van der Waals surface area (Å²) in [5.41, 5.74) is 2.73. The van der Waals surface area contributed by atoms with E-state index in [9.17, 15) is 24.0 Å². The predicted octanol–water partition coefficient (Wildman–Crippen LogP) is 11.7. The van der Waals surface area contributed by atoms with Gasteiger partial charge in [0.2, 0.25) is 17.1 Å². The average Bonchev–Trinajstić information content (AvgIpc) is 4.19. The minimum atomic E-state index is -0.861. The van der Waals surface area contributed by atoms with Gasteiger partial charge in [0.25, 0.3) is 0 Å². The number of halogens is 6. The number of carboxylic acids is 1. The summed E-state index contributed by atoms with van der Waals surface area (Å²) < 4.78 is 10.5. The first-order valence-corrected chi connectivity index (χ1v) is 28.9. The Morgan fingerprint density at radius 3 is 1.45 bits per heavy atom. The number of carbonyl (C=O) groups is 5. The molecule has 2 amide bonds. The van der Waals surface area contributed by atoms with Crippen molar-refractivity contribution in [2.75, 3.05) is 77.4 Å². The lowest BCUT2D eigenvalue weighted by atomic mass is 9.85. The molecule has 7 fully saturated rings. The van der Waals surface area contributed by atoms with Crippen LogP contribution in [0.2, 0.25) is 10.0 Å². The zero-order valence-corrected chi connectivity index (χ0v) is 47.2. The molecular weight excluding hydrogens is 1120 g/mol. The topological polar surface area (TPSA) is 157 Å². The summed E-state index contributed by atoms with van der Waals surface area (Å²) in [7, 11) is 0. The van der Waals surface area contributed by atoms with Gasteiger partial charge in [-0.1, -0.05) is 63.4 Å². The van der Waals surface area contributed by atoms with Crippen LogP contribution >= 0.6 is 73.9 Å². The number of aliphatic hydroxyl groups is 1. The molecule has 2 heterocycles. The van der Waals surface area contributed by atoms with E-state index in [1.807, 2.05) is 28.9 Å². The molecule has 3 aromatic carbocycles. The van der Waals surface area contributed by atoms with Crippen molar-refractivity contribution in [3.8, 4) is 5.75 Å². The number of benzene rings is 3. The molecule has 19 heteroatoms. The van der Waals surface area contributed by atoms with Crippen LogP contribution in [0, 0.1) is 21.7 Å². The Morgan fingerprint density at radius 1 is 0.649 bits per heavy atom. The number of carboxylic acid groups (broad SMARTS) is 1. The number of rotatable bonds is 14. The number of hydrogen-bond acceptors (Lipinski definition) is 10. The van der Waals surface area contributed by atoms with Crippen LogP contribution in [0.3, 0.4) is 0 Å².